The van der Waals surface area contributed by atoms with E-state index in [0.717, 1.165) is 25.1 Å². The summed E-state index contributed by atoms with van der Waals surface area (Å²) >= 11 is 0. The van der Waals surface area contributed by atoms with Crippen LogP contribution in [0.25, 0.3) is 0 Å². The highest BCUT2D eigenvalue weighted by atomic mass is 16.6. The molecule has 2 atom stereocenters. The van der Waals surface area contributed by atoms with Gasteiger partial charge in [0, 0.05) is 31.3 Å². The summed E-state index contributed by atoms with van der Waals surface area (Å²) in [5.74, 6) is -0.721. The van der Waals surface area contributed by atoms with Crippen LogP contribution < -0.4 is 0 Å². The first kappa shape index (κ1) is 15.7. The number of likely N-dealkylation sites (N-methyl/N-ethyl adjacent to an activating group) is 1. The van der Waals surface area contributed by atoms with Gasteiger partial charge in [-0.3, -0.25) is 19.8 Å². The molecule has 0 aromatic heterocycles. The van der Waals surface area contributed by atoms with Crippen LogP contribution >= 0.6 is 0 Å². The maximum atomic E-state index is 12.6. The van der Waals surface area contributed by atoms with Crippen LogP contribution in [0.3, 0.4) is 0 Å². The molecule has 0 unspecified atom stereocenters. The largest absolute Gasteiger partial charge is 0.502 e. The molecule has 2 saturated heterocycles. The maximum absolute atomic E-state index is 12.6. The molecule has 8 nitrogen and oxygen atoms in total. The lowest BCUT2D eigenvalue weighted by Gasteiger charge is -2.45. The summed E-state index contributed by atoms with van der Waals surface area (Å²) in [5, 5.41) is 20.4. The highest BCUT2D eigenvalue weighted by molar-refractivity contribution is 5.95. The van der Waals surface area contributed by atoms with Crippen LogP contribution in [0.5, 0.6) is 5.75 Å². The number of fused-ring (bicyclic) bond motifs is 1. The Morgan fingerprint density at radius 3 is 2.91 bits per heavy atom. The van der Waals surface area contributed by atoms with Crippen molar-refractivity contribution in [2.45, 2.75) is 18.6 Å². The number of phenols is 1. The minimum absolute atomic E-state index is 0.142. The number of carbonyl (C=O) groups excluding carboxylic acids is 1. The minimum Gasteiger partial charge on any atom is -0.502 e. The number of aromatic hydroxyl groups is 1. The van der Waals surface area contributed by atoms with Crippen LogP contribution in [0.15, 0.2) is 18.2 Å². The van der Waals surface area contributed by atoms with E-state index in [1.807, 2.05) is 7.05 Å². The van der Waals surface area contributed by atoms with E-state index < -0.39 is 16.4 Å². The average Bonchev–Trinajstić information content (AvgIpc) is 2.54. The van der Waals surface area contributed by atoms with E-state index >= 15 is 0 Å². The number of benzene rings is 1. The third kappa shape index (κ3) is 2.99. The zero-order valence-corrected chi connectivity index (χ0v) is 12.8. The Bertz CT molecular complexity index is 636. The van der Waals surface area contributed by atoms with Crippen molar-refractivity contribution in [3.63, 3.8) is 0 Å². The fourth-order valence-corrected chi connectivity index (χ4v) is 3.22. The van der Waals surface area contributed by atoms with Gasteiger partial charge in [0.1, 0.15) is 0 Å². The van der Waals surface area contributed by atoms with Crippen LogP contribution in [0, 0.1) is 10.1 Å². The second kappa shape index (κ2) is 6.13. The maximum Gasteiger partial charge on any atom is 0.310 e. The first-order valence-electron chi connectivity index (χ1n) is 7.56. The van der Waals surface area contributed by atoms with Crippen LogP contribution in [-0.4, -0.2) is 71.2 Å². The van der Waals surface area contributed by atoms with Crippen molar-refractivity contribution < 1.29 is 19.6 Å². The molecule has 3 rings (SSSR count). The SMILES string of the molecule is CN1CCO[C@@H]2CCN(C(=O)c3ccc([N+](=O)[O-])c(O)c3)C[C@H]21. The summed E-state index contributed by atoms with van der Waals surface area (Å²) in [4.78, 5) is 26.6. The number of hydrogen-bond donors (Lipinski definition) is 1. The van der Waals surface area contributed by atoms with Crippen molar-refractivity contribution in [2.24, 2.45) is 0 Å². The quantitative estimate of drug-likeness (QED) is 0.641. The molecule has 1 N–H and O–H groups in total. The van der Waals surface area contributed by atoms with Gasteiger partial charge < -0.3 is 14.7 Å². The van der Waals surface area contributed by atoms with E-state index in [1.165, 1.54) is 6.07 Å². The first-order valence-corrected chi connectivity index (χ1v) is 7.56. The second-order valence-corrected chi connectivity index (χ2v) is 5.96. The summed E-state index contributed by atoms with van der Waals surface area (Å²) < 4.78 is 5.75. The van der Waals surface area contributed by atoms with E-state index in [4.69, 9.17) is 4.74 Å². The number of phenolic OH excluding ortho intramolecular Hbond substituents is 1. The topological polar surface area (TPSA) is 96.2 Å². The Morgan fingerprint density at radius 1 is 1.43 bits per heavy atom. The van der Waals surface area contributed by atoms with Crippen molar-refractivity contribution >= 4 is 11.6 Å². The zero-order chi connectivity index (χ0) is 16.6. The molecule has 0 aliphatic carbocycles. The third-order valence-electron chi connectivity index (χ3n) is 4.57. The zero-order valence-electron chi connectivity index (χ0n) is 12.8. The number of nitro groups is 1. The van der Waals surface area contributed by atoms with Crippen LogP contribution in [0.1, 0.15) is 16.8 Å². The second-order valence-electron chi connectivity index (χ2n) is 5.96. The van der Waals surface area contributed by atoms with Gasteiger partial charge in [-0.05, 0) is 25.6 Å². The van der Waals surface area contributed by atoms with Crippen molar-refractivity contribution in [3.8, 4) is 5.75 Å². The molecule has 2 fully saturated rings. The summed E-state index contributed by atoms with van der Waals surface area (Å²) in [6.45, 7) is 2.67. The van der Waals surface area contributed by atoms with Crippen molar-refractivity contribution in [1.82, 2.24) is 9.80 Å². The highest BCUT2D eigenvalue weighted by Gasteiger charge is 2.37. The van der Waals surface area contributed by atoms with Gasteiger partial charge in [-0.15, -0.1) is 0 Å². The Kier molecular flexibility index (Phi) is 4.18. The lowest BCUT2D eigenvalue weighted by molar-refractivity contribution is -0.385. The van der Waals surface area contributed by atoms with E-state index in [0.29, 0.717) is 19.7 Å². The number of ether oxygens (including phenoxy) is 1. The molecule has 2 aliphatic heterocycles. The smallest absolute Gasteiger partial charge is 0.310 e. The molecule has 1 amide bonds. The third-order valence-corrected chi connectivity index (χ3v) is 4.57. The molecule has 8 heteroatoms. The number of piperidine rings is 1. The van der Waals surface area contributed by atoms with E-state index in [1.54, 1.807) is 4.90 Å². The number of carbonyl (C=O) groups is 1. The predicted molar refractivity (Wildman–Crippen MR) is 81.4 cm³/mol. The molecule has 0 radical (unpaired) electrons. The molecule has 2 aliphatic rings. The van der Waals surface area contributed by atoms with Gasteiger partial charge in [-0.1, -0.05) is 0 Å². The number of likely N-dealkylation sites (tertiary alicyclic amines) is 1. The Morgan fingerprint density at radius 2 is 2.22 bits per heavy atom. The molecule has 0 bridgehead atoms. The van der Waals surface area contributed by atoms with Gasteiger partial charge in [0.15, 0.2) is 5.75 Å². The van der Waals surface area contributed by atoms with Crippen molar-refractivity contribution in [2.75, 3.05) is 33.3 Å². The van der Waals surface area contributed by atoms with E-state index in [9.17, 15) is 20.0 Å². The van der Waals surface area contributed by atoms with Crippen LogP contribution in [0.4, 0.5) is 5.69 Å². The van der Waals surface area contributed by atoms with Gasteiger partial charge in [-0.2, -0.15) is 0 Å². The Balaban J connectivity index is 1.75. The predicted octanol–water partition coefficient (Wildman–Crippen LogP) is 0.845. The molecule has 1 aromatic carbocycles. The highest BCUT2D eigenvalue weighted by Crippen LogP contribution is 2.28. The lowest BCUT2D eigenvalue weighted by Crippen LogP contribution is -2.59. The average molecular weight is 321 g/mol. The van der Waals surface area contributed by atoms with Gasteiger partial charge in [0.05, 0.1) is 23.7 Å². The van der Waals surface area contributed by atoms with Crippen molar-refractivity contribution in [3.05, 3.63) is 33.9 Å². The van der Waals surface area contributed by atoms with Gasteiger partial charge in [-0.25, -0.2) is 0 Å². The number of nitro benzene ring substituents is 1. The molecular formula is C15H19N3O5. The van der Waals surface area contributed by atoms with Crippen LogP contribution in [-0.2, 0) is 4.74 Å². The molecule has 0 saturated carbocycles. The molecule has 23 heavy (non-hydrogen) atoms. The van der Waals surface area contributed by atoms with Gasteiger partial charge in [0.25, 0.3) is 5.91 Å². The van der Waals surface area contributed by atoms with Gasteiger partial charge >= 0.3 is 5.69 Å². The number of morpholine rings is 1. The monoisotopic (exact) mass is 321 g/mol. The first-order chi connectivity index (χ1) is 11.0. The number of hydrogen-bond acceptors (Lipinski definition) is 6. The molecule has 124 valence electrons. The molecule has 0 spiro atoms. The summed E-state index contributed by atoms with van der Waals surface area (Å²) in [7, 11) is 2.02. The fraction of sp³-hybridized carbons (Fsp3) is 0.533. The summed E-state index contributed by atoms with van der Waals surface area (Å²) in [6, 6.07) is 3.86. The number of nitrogens with zero attached hydrogens (tertiary/aromatic N) is 3. The standard InChI is InChI=1S/C15H19N3O5/c1-16-6-7-23-14-4-5-17(9-12(14)16)15(20)10-2-3-11(18(21)22)13(19)8-10/h2-3,8,12,14,19H,4-7,9H2,1H3/t12-,14-/m1/s1. The normalized spacial score (nSPS) is 25.0. The number of amides is 1. The van der Waals surface area contributed by atoms with Crippen LogP contribution in [0.2, 0.25) is 0 Å². The molecular weight excluding hydrogens is 302 g/mol. The Labute approximate surface area is 133 Å². The minimum atomic E-state index is -0.677. The van der Waals surface area contributed by atoms with E-state index in [2.05, 4.69) is 4.90 Å². The summed E-state index contributed by atoms with van der Waals surface area (Å²) in [5.41, 5.74) is -0.147. The van der Waals surface area contributed by atoms with E-state index in [-0.39, 0.29) is 23.6 Å². The molecule has 2 heterocycles. The lowest BCUT2D eigenvalue weighted by atomic mass is 9.98. The van der Waals surface area contributed by atoms with Crippen molar-refractivity contribution in [1.29, 1.82) is 0 Å². The van der Waals surface area contributed by atoms with Gasteiger partial charge in [0.2, 0.25) is 0 Å². The Hall–Kier alpha value is -2.19. The fourth-order valence-electron chi connectivity index (χ4n) is 3.22. The molecule has 1 aromatic rings. The summed E-state index contributed by atoms with van der Waals surface area (Å²) in [6.07, 6.45) is 0.905. The number of rotatable bonds is 2.